The molecule has 0 aromatic heterocycles. The van der Waals surface area contributed by atoms with Crippen LogP contribution in [0.2, 0.25) is 0 Å². The Balaban J connectivity index is 2.23. The van der Waals surface area contributed by atoms with Crippen molar-refractivity contribution in [1.82, 2.24) is 4.90 Å². The van der Waals surface area contributed by atoms with Crippen LogP contribution in [0, 0.1) is 11.3 Å². The Morgan fingerprint density at radius 3 is 2.33 bits per heavy atom. The molecule has 1 saturated heterocycles. The van der Waals surface area contributed by atoms with Crippen LogP contribution >= 0.6 is 0 Å². The summed E-state index contributed by atoms with van der Waals surface area (Å²) in [7, 11) is 0. The normalized spacial score (nSPS) is 22.2. The van der Waals surface area contributed by atoms with Gasteiger partial charge in [0.05, 0.1) is 6.61 Å². The number of hydrogen-bond donors (Lipinski definition) is 0. The largest absolute Gasteiger partial charge is 0.380 e. The number of ether oxygens (including phenoxy) is 1. The minimum absolute atomic E-state index is 0.572. The summed E-state index contributed by atoms with van der Waals surface area (Å²) < 4.78 is 5.39. The zero-order valence-corrected chi connectivity index (χ0v) is 10.9. The number of piperidine rings is 1. The fraction of sp³-hybridized carbons (Fsp3) is 1.00. The Bertz CT molecular complexity index is 171. The van der Waals surface area contributed by atoms with Crippen LogP contribution in [0.3, 0.4) is 0 Å². The van der Waals surface area contributed by atoms with Crippen molar-refractivity contribution in [2.75, 3.05) is 32.8 Å². The van der Waals surface area contributed by atoms with Gasteiger partial charge in [0.25, 0.3) is 0 Å². The molecule has 90 valence electrons. The third-order valence-electron chi connectivity index (χ3n) is 4.15. The first-order valence-electron chi connectivity index (χ1n) is 6.38. The summed E-state index contributed by atoms with van der Waals surface area (Å²) in [6, 6.07) is 0. The first kappa shape index (κ1) is 13.0. The Kier molecular flexibility index (Phi) is 5.07. The zero-order valence-electron chi connectivity index (χ0n) is 10.9. The van der Waals surface area contributed by atoms with Gasteiger partial charge < -0.3 is 9.64 Å². The molecular weight excluding hydrogens is 186 g/mol. The monoisotopic (exact) mass is 213 g/mol. The molecule has 0 radical (unpaired) electrons. The van der Waals surface area contributed by atoms with Crippen molar-refractivity contribution in [3.8, 4) is 0 Å². The molecule has 1 fully saturated rings. The van der Waals surface area contributed by atoms with Gasteiger partial charge >= 0.3 is 0 Å². The van der Waals surface area contributed by atoms with Crippen LogP contribution in [-0.4, -0.2) is 37.7 Å². The lowest BCUT2D eigenvalue weighted by Gasteiger charge is -2.42. The second-order valence-electron chi connectivity index (χ2n) is 5.35. The van der Waals surface area contributed by atoms with E-state index in [-0.39, 0.29) is 0 Å². The number of hydrogen-bond acceptors (Lipinski definition) is 2. The molecule has 2 heteroatoms. The van der Waals surface area contributed by atoms with E-state index in [1.54, 1.807) is 0 Å². The minimum Gasteiger partial charge on any atom is -0.380 e. The van der Waals surface area contributed by atoms with Crippen molar-refractivity contribution >= 4 is 0 Å². The lowest BCUT2D eigenvalue weighted by Crippen LogP contribution is -2.42. The quantitative estimate of drug-likeness (QED) is 0.651. The SMILES string of the molecule is CCOCCN1CCC(C)(C(C)C)CC1. The summed E-state index contributed by atoms with van der Waals surface area (Å²) in [4.78, 5) is 2.54. The smallest absolute Gasteiger partial charge is 0.0593 e. The van der Waals surface area contributed by atoms with Crippen molar-refractivity contribution in [2.24, 2.45) is 11.3 Å². The molecule has 0 aromatic carbocycles. The average Bonchev–Trinajstić information content (AvgIpc) is 2.21. The summed E-state index contributed by atoms with van der Waals surface area (Å²) in [6.45, 7) is 14.6. The topological polar surface area (TPSA) is 12.5 Å². The molecule has 0 spiro atoms. The van der Waals surface area contributed by atoms with E-state index in [1.165, 1.54) is 25.9 Å². The highest BCUT2D eigenvalue weighted by molar-refractivity contribution is 4.84. The van der Waals surface area contributed by atoms with E-state index >= 15 is 0 Å². The molecule has 15 heavy (non-hydrogen) atoms. The molecule has 0 atom stereocenters. The van der Waals surface area contributed by atoms with E-state index < -0.39 is 0 Å². The highest BCUT2D eigenvalue weighted by Crippen LogP contribution is 2.37. The van der Waals surface area contributed by atoms with E-state index in [2.05, 4.69) is 32.6 Å². The first-order valence-corrected chi connectivity index (χ1v) is 6.38. The maximum atomic E-state index is 5.39. The number of rotatable bonds is 5. The molecule has 1 aliphatic rings. The molecule has 1 rings (SSSR count). The second kappa shape index (κ2) is 5.86. The molecule has 2 nitrogen and oxygen atoms in total. The van der Waals surface area contributed by atoms with Crippen LogP contribution < -0.4 is 0 Å². The van der Waals surface area contributed by atoms with Gasteiger partial charge in [0.1, 0.15) is 0 Å². The van der Waals surface area contributed by atoms with Crippen molar-refractivity contribution in [3.05, 3.63) is 0 Å². The molecule has 1 heterocycles. The molecule has 0 aromatic rings. The molecule has 0 unspecified atom stereocenters. The van der Waals surface area contributed by atoms with Gasteiger partial charge in [-0.2, -0.15) is 0 Å². The highest BCUT2D eigenvalue weighted by atomic mass is 16.5. The van der Waals surface area contributed by atoms with Gasteiger partial charge in [0.2, 0.25) is 0 Å². The van der Waals surface area contributed by atoms with Gasteiger partial charge in [-0.1, -0.05) is 20.8 Å². The summed E-state index contributed by atoms with van der Waals surface area (Å²) in [5, 5.41) is 0. The molecule has 0 N–H and O–H groups in total. The summed E-state index contributed by atoms with van der Waals surface area (Å²) >= 11 is 0. The minimum atomic E-state index is 0.572. The van der Waals surface area contributed by atoms with Crippen LogP contribution in [0.25, 0.3) is 0 Å². The molecule has 0 aliphatic carbocycles. The van der Waals surface area contributed by atoms with Crippen molar-refractivity contribution in [2.45, 2.75) is 40.5 Å². The molecule has 1 aliphatic heterocycles. The Morgan fingerprint density at radius 1 is 1.27 bits per heavy atom. The van der Waals surface area contributed by atoms with Gasteiger partial charge in [-0.15, -0.1) is 0 Å². The lowest BCUT2D eigenvalue weighted by atomic mass is 9.72. The fourth-order valence-electron chi connectivity index (χ4n) is 2.20. The van der Waals surface area contributed by atoms with E-state index in [4.69, 9.17) is 4.74 Å². The standard InChI is InChI=1S/C13H27NO/c1-5-15-11-10-14-8-6-13(4,7-9-14)12(2)3/h12H,5-11H2,1-4H3. The van der Waals surface area contributed by atoms with Gasteiger partial charge in [0, 0.05) is 13.2 Å². The van der Waals surface area contributed by atoms with Gasteiger partial charge in [-0.05, 0) is 44.2 Å². The van der Waals surface area contributed by atoms with Crippen LogP contribution in [0.1, 0.15) is 40.5 Å². The summed E-state index contributed by atoms with van der Waals surface area (Å²) in [6.07, 6.45) is 2.69. The summed E-state index contributed by atoms with van der Waals surface area (Å²) in [5.41, 5.74) is 0.572. The Morgan fingerprint density at radius 2 is 1.87 bits per heavy atom. The maximum Gasteiger partial charge on any atom is 0.0593 e. The Labute approximate surface area is 95.0 Å². The molecule has 0 bridgehead atoms. The van der Waals surface area contributed by atoms with Crippen LogP contribution in [-0.2, 0) is 4.74 Å². The molecular formula is C13H27NO. The van der Waals surface area contributed by atoms with Crippen molar-refractivity contribution in [1.29, 1.82) is 0 Å². The number of likely N-dealkylation sites (tertiary alicyclic amines) is 1. The highest BCUT2D eigenvalue weighted by Gasteiger charge is 2.32. The summed E-state index contributed by atoms with van der Waals surface area (Å²) in [5.74, 6) is 0.812. The third-order valence-corrected chi connectivity index (χ3v) is 4.15. The van der Waals surface area contributed by atoms with Gasteiger partial charge in [-0.3, -0.25) is 0 Å². The van der Waals surface area contributed by atoms with E-state index in [0.29, 0.717) is 5.41 Å². The van der Waals surface area contributed by atoms with Crippen LogP contribution in [0.4, 0.5) is 0 Å². The fourth-order valence-corrected chi connectivity index (χ4v) is 2.20. The molecule has 0 saturated carbocycles. The van der Waals surface area contributed by atoms with Crippen molar-refractivity contribution in [3.63, 3.8) is 0 Å². The van der Waals surface area contributed by atoms with Gasteiger partial charge in [0.15, 0.2) is 0 Å². The second-order valence-corrected chi connectivity index (χ2v) is 5.35. The maximum absolute atomic E-state index is 5.39. The molecule has 0 amide bonds. The predicted octanol–water partition coefficient (Wildman–Crippen LogP) is 2.78. The lowest BCUT2D eigenvalue weighted by molar-refractivity contribution is 0.0524. The van der Waals surface area contributed by atoms with Gasteiger partial charge in [-0.25, -0.2) is 0 Å². The van der Waals surface area contributed by atoms with Crippen LogP contribution in [0.15, 0.2) is 0 Å². The third kappa shape index (κ3) is 3.76. The average molecular weight is 213 g/mol. The van der Waals surface area contributed by atoms with Crippen LogP contribution in [0.5, 0.6) is 0 Å². The van der Waals surface area contributed by atoms with Crippen molar-refractivity contribution < 1.29 is 4.74 Å². The number of nitrogens with zero attached hydrogens (tertiary/aromatic N) is 1. The van der Waals surface area contributed by atoms with E-state index in [9.17, 15) is 0 Å². The first-order chi connectivity index (χ1) is 7.08. The van der Waals surface area contributed by atoms with E-state index in [1.807, 2.05) is 0 Å². The predicted molar refractivity (Wildman–Crippen MR) is 65.1 cm³/mol. The zero-order chi connectivity index (χ0) is 11.3. The van der Waals surface area contributed by atoms with E-state index in [0.717, 1.165) is 25.7 Å². The Hall–Kier alpha value is -0.0800.